The Morgan fingerprint density at radius 1 is 1.35 bits per heavy atom. The summed E-state index contributed by atoms with van der Waals surface area (Å²) in [5.41, 5.74) is 9.20. The van der Waals surface area contributed by atoms with Gasteiger partial charge in [0.15, 0.2) is 0 Å². The molecule has 94 valence electrons. The Hall–Kier alpha value is -0.860. The van der Waals surface area contributed by atoms with Crippen LogP contribution in [0.15, 0.2) is 24.3 Å². The van der Waals surface area contributed by atoms with Gasteiger partial charge in [-0.1, -0.05) is 31.2 Å². The van der Waals surface area contributed by atoms with Crippen molar-refractivity contribution < 1.29 is 0 Å². The summed E-state index contributed by atoms with van der Waals surface area (Å²) in [4.78, 5) is 2.54. The van der Waals surface area contributed by atoms with Crippen molar-refractivity contribution in [3.8, 4) is 0 Å². The molecule has 0 aliphatic carbocycles. The molecule has 0 amide bonds. The van der Waals surface area contributed by atoms with E-state index in [-0.39, 0.29) is 6.04 Å². The number of aryl methyl sites for hydroxylation is 1. The van der Waals surface area contributed by atoms with E-state index in [1.807, 2.05) is 0 Å². The minimum absolute atomic E-state index is 0.282. The zero-order chi connectivity index (χ0) is 12.4. The summed E-state index contributed by atoms with van der Waals surface area (Å²) < 4.78 is 0. The predicted molar refractivity (Wildman–Crippen MR) is 73.0 cm³/mol. The van der Waals surface area contributed by atoms with Crippen LogP contribution in [0.1, 0.15) is 44.4 Å². The molecule has 2 nitrogen and oxygen atoms in total. The van der Waals surface area contributed by atoms with E-state index in [2.05, 4.69) is 49.9 Å². The fraction of sp³-hybridized carbons (Fsp3) is 0.600. The molecule has 1 aliphatic rings. The standard InChI is InChI=1S/C15H24N2/c1-4-12-7-5-6-8-13(12)15-14(16)9-10-17(15)11(2)3/h5-8,11,14-15H,4,9-10,16H2,1-3H3. The summed E-state index contributed by atoms with van der Waals surface area (Å²) in [6.07, 6.45) is 2.20. The molecule has 1 saturated heterocycles. The lowest BCUT2D eigenvalue weighted by atomic mass is 9.94. The van der Waals surface area contributed by atoms with E-state index in [0.717, 1.165) is 19.4 Å². The van der Waals surface area contributed by atoms with Crippen molar-refractivity contribution in [2.75, 3.05) is 6.54 Å². The molecule has 2 rings (SSSR count). The number of benzene rings is 1. The molecular weight excluding hydrogens is 208 g/mol. The Kier molecular flexibility index (Phi) is 3.85. The first-order valence-corrected chi connectivity index (χ1v) is 6.74. The normalized spacial score (nSPS) is 25.7. The molecule has 1 heterocycles. The van der Waals surface area contributed by atoms with Crippen LogP contribution in [-0.4, -0.2) is 23.5 Å². The van der Waals surface area contributed by atoms with Gasteiger partial charge >= 0.3 is 0 Å². The Morgan fingerprint density at radius 3 is 2.71 bits per heavy atom. The first-order chi connectivity index (χ1) is 8.15. The first-order valence-electron chi connectivity index (χ1n) is 6.74. The van der Waals surface area contributed by atoms with Gasteiger partial charge in [0.1, 0.15) is 0 Å². The largest absolute Gasteiger partial charge is 0.326 e. The van der Waals surface area contributed by atoms with E-state index in [4.69, 9.17) is 5.73 Å². The monoisotopic (exact) mass is 232 g/mol. The van der Waals surface area contributed by atoms with Gasteiger partial charge in [0.2, 0.25) is 0 Å². The van der Waals surface area contributed by atoms with Gasteiger partial charge in [0, 0.05) is 18.6 Å². The van der Waals surface area contributed by atoms with Gasteiger partial charge in [0.25, 0.3) is 0 Å². The number of hydrogen-bond donors (Lipinski definition) is 1. The van der Waals surface area contributed by atoms with Gasteiger partial charge < -0.3 is 5.73 Å². The quantitative estimate of drug-likeness (QED) is 0.868. The average molecular weight is 232 g/mol. The maximum Gasteiger partial charge on any atom is 0.0505 e. The summed E-state index contributed by atoms with van der Waals surface area (Å²) in [5.74, 6) is 0. The van der Waals surface area contributed by atoms with Crippen molar-refractivity contribution in [1.82, 2.24) is 4.90 Å². The maximum atomic E-state index is 6.32. The second-order valence-corrected chi connectivity index (χ2v) is 5.28. The second kappa shape index (κ2) is 5.19. The third-order valence-corrected chi connectivity index (χ3v) is 3.90. The minimum atomic E-state index is 0.282. The number of nitrogens with zero attached hydrogens (tertiary/aromatic N) is 1. The Labute approximate surface area is 105 Å². The lowest BCUT2D eigenvalue weighted by Gasteiger charge is -2.31. The summed E-state index contributed by atoms with van der Waals surface area (Å²) in [6, 6.07) is 10.0. The third kappa shape index (κ3) is 2.38. The molecule has 17 heavy (non-hydrogen) atoms. The van der Waals surface area contributed by atoms with Crippen molar-refractivity contribution >= 4 is 0 Å². The smallest absolute Gasteiger partial charge is 0.0505 e. The second-order valence-electron chi connectivity index (χ2n) is 5.28. The Balaban J connectivity index is 2.36. The van der Waals surface area contributed by atoms with Crippen LogP contribution in [-0.2, 0) is 6.42 Å². The van der Waals surface area contributed by atoms with Gasteiger partial charge in [-0.25, -0.2) is 0 Å². The minimum Gasteiger partial charge on any atom is -0.326 e. The summed E-state index contributed by atoms with van der Waals surface area (Å²) in [7, 11) is 0. The number of likely N-dealkylation sites (tertiary alicyclic amines) is 1. The molecule has 0 aromatic heterocycles. The first kappa shape index (κ1) is 12.6. The molecule has 0 spiro atoms. The highest BCUT2D eigenvalue weighted by molar-refractivity contribution is 5.32. The summed E-state index contributed by atoms with van der Waals surface area (Å²) in [5, 5.41) is 0. The van der Waals surface area contributed by atoms with E-state index in [9.17, 15) is 0 Å². The lowest BCUT2D eigenvalue weighted by molar-refractivity contribution is 0.197. The molecule has 2 heteroatoms. The van der Waals surface area contributed by atoms with Crippen molar-refractivity contribution in [2.45, 2.75) is 51.7 Å². The van der Waals surface area contributed by atoms with Crippen molar-refractivity contribution in [1.29, 1.82) is 0 Å². The van der Waals surface area contributed by atoms with E-state index >= 15 is 0 Å². The molecule has 1 aromatic carbocycles. The van der Waals surface area contributed by atoms with Crippen LogP contribution in [0.5, 0.6) is 0 Å². The number of hydrogen-bond acceptors (Lipinski definition) is 2. The predicted octanol–water partition coefficient (Wildman–Crippen LogP) is 2.73. The highest BCUT2D eigenvalue weighted by Crippen LogP contribution is 2.34. The third-order valence-electron chi connectivity index (χ3n) is 3.90. The Bertz CT molecular complexity index is 373. The van der Waals surface area contributed by atoms with Crippen molar-refractivity contribution in [2.24, 2.45) is 5.73 Å². The van der Waals surface area contributed by atoms with Crippen LogP contribution >= 0.6 is 0 Å². The lowest BCUT2D eigenvalue weighted by Crippen LogP contribution is -2.36. The molecule has 2 unspecified atom stereocenters. The van der Waals surface area contributed by atoms with Gasteiger partial charge in [0.05, 0.1) is 6.04 Å². The van der Waals surface area contributed by atoms with E-state index in [1.165, 1.54) is 11.1 Å². The molecule has 1 aromatic rings. The highest BCUT2D eigenvalue weighted by atomic mass is 15.2. The van der Waals surface area contributed by atoms with Gasteiger partial charge in [-0.05, 0) is 37.8 Å². The fourth-order valence-corrected chi connectivity index (χ4v) is 2.97. The molecule has 0 radical (unpaired) electrons. The summed E-state index contributed by atoms with van der Waals surface area (Å²) in [6.45, 7) is 7.87. The van der Waals surface area contributed by atoms with E-state index < -0.39 is 0 Å². The van der Waals surface area contributed by atoms with Crippen LogP contribution in [0.2, 0.25) is 0 Å². The zero-order valence-corrected chi connectivity index (χ0v) is 11.2. The fourth-order valence-electron chi connectivity index (χ4n) is 2.97. The highest BCUT2D eigenvalue weighted by Gasteiger charge is 2.34. The summed E-state index contributed by atoms with van der Waals surface area (Å²) >= 11 is 0. The zero-order valence-electron chi connectivity index (χ0n) is 11.2. The SMILES string of the molecule is CCc1ccccc1C1C(N)CCN1C(C)C. The van der Waals surface area contributed by atoms with Gasteiger partial charge in [-0.3, -0.25) is 4.90 Å². The average Bonchev–Trinajstić information content (AvgIpc) is 2.71. The maximum absolute atomic E-state index is 6.32. The number of rotatable bonds is 3. The molecule has 1 aliphatic heterocycles. The van der Waals surface area contributed by atoms with Crippen LogP contribution in [0.3, 0.4) is 0 Å². The molecular formula is C15H24N2. The number of nitrogens with two attached hydrogens (primary N) is 1. The van der Waals surface area contributed by atoms with Crippen molar-refractivity contribution in [3.05, 3.63) is 35.4 Å². The Morgan fingerprint density at radius 2 is 2.06 bits per heavy atom. The molecule has 0 saturated carbocycles. The van der Waals surface area contributed by atoms with Gasteiger partial charge in [-0.2, -0.15) is 0 Å². The molecule has 1 fully saturated rings. The van der Waals surface area contributed by atoms with Crippen molar-refractivity contribution in [3.63, 3.8) is 0 Å². The molecule has 2 atom stereocenters. The van der Waals surface area contributed by atoms with E-state index in [0.29, 0.717) is 12.1 Å². The van der Waals surface area contributed by atoms with E-state index in [1.54, 1.807) is 0 Å². The van der Waals surface area contributed by atoms with Crippen LogP contribution in [0, 0.1) is 0 Å². The van der Waals surface area contributed by atoms with Gasteiger partial charge in [-0.15, -0.1) is 0 Å². The van der Waals surface area contributed by atoms with Crippen LogP contribution in [0.4, 0.5) is 0 Å². The topological polar surface area (TPSA) is 29.3 Å². The van der Waals surface area contributed by atoms with Crippen LogP contribution < -0.4 is 5.73 Å². The molecule has 0 bridgehead atoms. The van der Waals surface area contributed by atoms with Crippen LogP contribution in [0.25, 0.3) is 0 Å². The molecule has 2 N–H and O–H groups in total.